The predicted octanol–water partition coefficient (Wildman–Crippen LogP) is 1.41. The molecule has 2 rings (SSSR count). The Morgan fingerprint density at radius 1 is 1.20 bits per heavy atom. The van der Waals surface area contributed by atoms with Crippen LogP contribution in [0.15, 0.2) is 35.2 Å². The minimum absolute atomic E-state index is 0.0342. The van der Waals surface area contributed by atoms with E-state index in [0.717, 1.165) is 4.31 Å². The minimum atomic E-state index is -3.84. The number of carbonyl (C=O) groups is 2. The van der Waals surface area contributed by atoms with Crippen LogP contribution in [0.1, 0.15) is 27.7 Å². The topological polar surface area (TPSA) is 95.0 Å². The summed E-state index contributed by atoms with van der Waals surface area (Å²) in [5.41, 5.74) is -0.940. The third kappa shape index (κ3) is 3.69. The van der Waals surface area contributed by atoms with Crippen LogP contribution in [0.5, 0.6) is 0 Å². The lowest BCUT2D eigenvalue weighted by atomic mass is 9.94. The van der Waals surface area contributed by atoms with E-state index < -0.39 is 27.6 Å². The zero-order valence-corrected chi connectivity index (χ0v) is 15.7. The van der Waals surface area contributed by atoms with Gasteiger partial charge in [0.25, 0.3) is 0 Å². The van der Waals surface area contributed by atoms with E-state index in [-0.39, 0.29) is 29.8 Å². The van der Waals surface area contributed by atoms with Gasteiger partial charge in [0, 0.05) is 19.0 Å². The van der Waals surface area contributed by atoms with Crippen LogP contribution < -0.4 is 0 Å². The quantitative estimate of drug-likeness (QED) is 0.867. The van der Waals surface area contributed by atoms with Gasteiger partial charge in [0.1, 0.15) is 6.04 Å². The zero-order valence-electron chi connectivity index (χ0n) is 14.8. The number of carboxylic acids is 1. The molecule has 1 aromatic rings. The average molecular weight is 368 g/mol. The van der Waals surface area contributed by atoms with Gasteiger partial charge in [-0.2, -0.15) is 4.31 Å². The van der Waals surface area contributed by atoms with Crippen LogP contribution in [0, 0.1) is 5.92 Å². The van der Waals surface area contributed by atoms with Gasteiger partial charge in [0.2, 0.25) is 15.9 Å². The van der Waals surface area contributed by atoms with Crippen molar-refractivity contribution in [3.8, 4) is 0 Å². The van der Waals surface area contributed by atoms with Crippen LogP contribution in [0.4, 0.5) is 0 Å². The summed E-state index contributed by atoms with van der Waals surface area (Å²) in [5, 5.41) is 9.61. The van der Waals surface area contributed by atoms with Crippen LogP contribution in [0.3, 0.4) is 0 Å². The lowest BCUT2D eigenvalue weighted by Gasteiger charge is -2.50. The van der Waals surface area contributed by atoms with Gasteiger partial charge in [-0.25, -0.2) is 13.2 Å². The summed E-state index contributed by atoms with van der Waals surface area (Å²) in [7, 11) is -3.84. The van der Waals surface area contributed by atoms with Crippen molar-refractivity contribution in [2.75, 3.05) is 13.1 Å². The summed E-state index contributed by atoms with van der Waals surface area (Å²) >= 11 is 0. The van der Waals surface area contributed by atoms with E-state index in [1.54, 1.807) is 45.9 Å². The van der Waals surface area contributed by atoms with Crippen LogP contribution in [0.25, 0.3) is 0 Å². The summed E-state index contributed by atoms with van der Waals surface area (Å²) in [6.07, 6.45) is 0. The van der Waals surface area contributed by atoms with E-state index in [1.807, 2.05) is 0 Å². The van der Waals surface area contributed by atoms with Crippen molar-refractivity contribution in [1.29, 1.82) is 0 Å². The van der Waals surface area contributed by atoms with E-state index >= 15 is 0 Å². The molecule has 1 saturated heterocycles. The Bertz CT molecular complexity index is 759. The highest BCUT2D eigenvalue weighted by atomic mass is 32.2. The number of hydrogen-bond donors (Lipinski definition) is 1. The summed E-state index contributed by atoms with van der Waals surface area (Å²) < 4.78 is 26.9. The van der Waals surface area contributed by atoms with Gasteiger partial charge in [-0.05, 0) is 26.0 Å². The Morgan fingerprint density at radius 3 is 2.24 bits per heavy atom. The molecule has 25 heavy (non-hydrogen) atoms. The number of rotatable bonds is 4. The Hall–Kier alpha value is -1.93. The van der Waals surface area contributed by atoms with E-state index in [4.69, 9.17) is 0 Å². The fourth-order valence-corrected chi connectivity index (χ4v) is 4.73. The molecule has 1 fully saturated rings. The lowest BCUT2D eigenvalue weighted by Crippen LogP contribution is -2.68. The van der Waals surface area contributed by atoms with Crippen molar-refractivity contribution < 1.29 is 23.1 Å². The molecule has 0 spiro atoms. The second kappa shape index (κ2) is 6.76. The highest BCUT2D eigenvalue weighted by Crippen LogP contribution is 2.31. The Morgan fingerprint density at radius 2 is 1.76 bits per heavy atom. The molecule has 1 unspecified atom stereocenters. The van der Waals surface area contributed by atoms with E-state index in [2.05, 4.69) is 0 Å². The molecule has 1 aliphatic rings. The number of piperazine rings is 1. The Balaban J connectivity index is 2.44. The van der Waals surface area contributed by atoms with E-state index in [9.17, 15) is 23.1 Å². The molecule has 138 valence electrons. The summed E-state index contributed by atoms with van der Waals surface area (Å²) in [6, 6.07) is 6.67. The number of carbonyl (C=O) groups excluding carboxylic acids is 1. The van der Waals surface area contributed by atoms with Crippen LogP contribution in [0.2, 0.25) is 0 Å². The maximum absolute atomic E-state index is 12.9. The van der Waals surface area contributed by atoms with E-state index in [1.165, 1.54) is 17.0 Å². The number of nitrogens with zero attached hydrogens (tertiary/aromatic N) is 2. The van der Waals surface area contributed by atoms with Crippen molar-refractivity contribution in [2.24, 2.45) is 5.92 Å². The molecule has 7 nitrogen and oxygen atoms in total. The Kier molecular flexibility index (Phi) is 5.24. The largest absolute Gasteiger partial charge is 0.480 e. The molecular formula is C17H24N2O5S. The fraction of sp³-hybridized carbons (Fsp3) is 0.529. The van der Waals surface area contributed by atoms with Crippen molar-refractivity contribution in [1.82, 2.24) is 9.21 Å². The number of carboxylic acid groups (broad SMARTS) is 1. The maximum atomic E-state index is 12.9. The number of hydrogen-bond acceptors (Lipinski definition) is 4. The normalized spacial score (nSPS) is 21.3. The predicted molar refractivity (Wildman–Crippen MR) is 92.4 cm³/mol. The highest BCUT2D eigenvalue weighted by Gasteiger charge is 2.49. The van der Waals surface area contributed by atoms with Gasteiger partial charge in [0.15, 0.2) is 0 Å². The molecule has 1 aliphatic heterocycles. The van der Waals surface area contributed by atoms with Gasteiger partial charge in [-0.3, -0.25) is 4.79 Å². The average Bonchev–Trinajstić information content (AvgIpc) is 2.53. The molecule has 1 N–H and O–H groups in total. The monoisotopic (exact) mass is 368 g/mol. The van der Waals surface area contributed by atoms with Gasteiger partial charge in [-0.1, -0.05) is 32.0 Å². The third-order valence-corrected chi connectivity index (χ3v) is 6.13. The molecule has 1 amide bonds. The molecule has 1 heterocycles. The molecular weight excluding hydrogens is 344 g/mol. The first-order valence-electron chi connectivity index (χ1n) is 8.09. The number of sulfonamides is 1. The molecule has 8 heteroatoms. The molecule has 0 aromatic heterocycles. The number of amides is 1. The van der Waals surface area contributed by atoms with Crippen LogP contribution >= 0.6 is 0 Å². The second-order valence-electron chi connectivity index (χ2n) is 7.14. The fourth-order valence-electron chi connectivity index (χ4n) is 3.11. The van der Waals surface area contributed by atoms with Gasteiger partial charge in [-0.15, -0.1) is 0 Å². The van der Waals surface area contributed by atoms with Crippen LogP contribution in [-0.4, -0.2) is 59.3 Å². The van der Waals surface area contributed by atoms with E-state index in [0.29, 0.717) is 0 Å². The molecule has 1 atom stereocenters. The zero-order chi connectivity index (χ0) is 19.0. The number of aliphatic carboxylic acids is 1. The maximum Gasteiger partial charge on any atom is 0.327 e. The first kappa shape index (κ1) is 19.4. The highest BCUT2D eigenvalue weighted by molar-refractivity contribution is 7.89. The van der Waals surface area contributed by atoms with Crippen molar-refractivity contribution >= 4 is 21.9 Å². The second-order valence-corrected chi connectivity index (χ2v) is 9.08. The SMILES string of the molecule is CC(C)C(=O)N1C(C(=O)O)CN(S(=O)(=O)c2ccccc2)CC1(C)C. The smallest absolute Gasteiger partial charge is 0.327 e. The molecule has 1 aromatic carbocycles. The standard InChI is InChI=1S/C17H24N2O5S/c1-12(2)15(20)19-14(16(21)22)10-18(11-17(19,3)4)25(23,24)13-8-6-5-7-9-13/h5-9,12,14H,10-11H2,1-4H3,(H,21,22). The van der Waals surface area contributed by atoms with Crippen molar-refractivity contribution in [2.45, 2.75) is 44.2 Å². The lowest BCUT2D eigenvalue weighted by molar-refractivity contribution is -0.161. The van der Waals surface area contributed by atoms with Crippen molar-refractivity contribution in [3.05, 3.63) is 30.3 Å². The molecule has 0 saturated carbocycles. The van der Waals surface area contributed by atoms with Gasteiger partial charge < -0.3 is 10.0 Å². The summed E-state index contributed by atoms with van der Waals surface area (Å²) in [5.74, 6) is -1.89. The first-order valence-corrected chi connectivity index (χ1v) is 9.53. The Labute approximate surface area is 148 Å². The van der Waals surface area contributed by atoms with Crippen molar-refractivity contribution in [3.63, 3.8) is 0 Å². The molecule has 0 aliphatic carbocycles. The summed E-state index contributed by atoms with van der Waals surface area (Å²) in [4.78, 5) is 25.7. The first-order chi connectivity index (χ1) is 11.5. The molecule has 0 bridgehead atoms. The van der Waals surface area contributed by atoms with Crippen LogP contribution in [-0.2, 0) is 19.6 Å². The summed E-state index contributed by atoms with van der Waals surface area (Å²) in [6.45, 7) is 6.54. The number of benzene rings is 1. The molecule has 0 radical (unpaired) electrons. The minimum Gasteiger partial charge on any atom is -0.480 e. The van der Waals surface area contributed by atoms with Gasteiger partial charge in [0.05, 0.1) is 10.4 Å². The van der Waals surface area contributed by atoms with Gasteiger partial charge >= 0.3 is 5.97 Å². The third-order valence-electron chi connectivity index (χ3n) is 4.30.